The zero-order valence-electron chi connectivity index (χ0n) is 17.1. The van der Waals surface area contributed by atoms with E-state index in [1.165, 1.54) is 0 Å². The van der Waals surface area contributed by atoms with Gasteiger partial charge in [-0.25, -0.2) is 0 Å². The first kappa shape index (κ1) is 20.8. The summed E-state index contributed by atoms with van der Waals surface area (Å²) in [5.74, 6) is 0.632. The van der Waals surface area contributed by atoms with E-state index in [1.807, 2.05) is 55.4 Å². The van der Waals surface area contributed by atoms with Crippen LogP contribution in [0.5, 0.6) is 5.75 Å². The lowest BCUT2D eigenvalue weighted by Crippen LogP contribution is -2.39. The van der Waals surface area contributed by atoms with E-state index >= 15 is 0 Å². The molecule has 2 heterocycles. The number of carbonyl (C=O) groups is 2. The van der Waals surface area contributed by atoms with E-state index in [4.69, 9.17) is 4.74 Å². The fourth-order valence-electron chi connectivity index (χ4n) is 3.22. The van der Waals surface area contributed by atoms with Crippen LogP contribution in [0, 0.1) is 0 Å². The standard InChI is InChI=1S/C22H28N4O3/c1-24(2)12-13-25(16-18-6-4-10-23-15-18)22(28)17-29-20-8-3-7-19(14-20)26-11-5-9-21(26)27/h3-4,6-8,10,14-15H,5,9,11-13,16-17H2,1-2H3. The minimum absolute atomic E-state index is 0.0505. The molecule has 154 valence electrons. The number of aromatic nitrogens is 1. The monoisotopic (exact) mass is 396 g/mol. The van der Waals surface area contributed by atoms with Gasteiger partial charge in [0, 0.05) is 56.7 Å². The molecule has 0 bridgehead atoms. The molecule has 3 rings (SSSR count). The number of carbonyl (C=O) groups excluding carboxylic acids is 2. The van der Waals surface area contributed by atoms with E-state index in [0.717, 1.165) is 30.8 Å². The predicted molar refractivity (Wildman–Crippen MR) is 112 cm³/mol. The molecule has 0 N–H and O–H groups in total. The van der Waals surface area contributed by atoms with Crippen LogP contribution in [0.2, 0.25) is 0 Å². The third-order valence-electron chi connectivity index (χ3n) is 4.83. The number of amides is 2. The van der Waals surface area contributed by atoms with Crippen LogP contribution in [-0.4, -0.2) is 66.9 Å². The molecule has 0 atom stereocenters. The van der Waals surface area contributed by atoms with Crippen LogP contribution in [0.25, 0.3) is 0 Å². The van der Waals surface area contributed by atoms with Crippen LogP contribution in [0.15, 0.2) is 48.8 Å². The summed E-state index contributed by atoms with van der Waals surface area (Å²) in [6, 6.07) is 11.2. The Bertz CT molecular complexity index is 826. The lowest BCUT2D eigenvalue weighted by atomic mass is 10.2. The first-order valence-corrected chi connectivity index (χ1v) is 9.87. The van der Waals surface area contributed by atoms with Crippen LogP contribution in [-0.2, 0) is 16.1 Å². The zero-order chi connectivity index (χ0) is 20.6. The molecule has 1 aliphatic rings. The van der Waals surface area contributed by atoms with Gasteiger partial charge < -0.3 is 19.4 Å². The quantitative estimate of drug-likeness (QED) is 0.650. The van der Waals surface area contributed by atoms with Gasteiger partial charge in [0.15, 0.2) is 6.61 Å². The number of hydrogen-bond acceptors (Lipinski definition) is 5. The Morgan fingerprint density at radius 3 is 2.76 bits per heavy atom. The maximum atomic E-state index is 12.8. The molecule has 7 nitrogen and oxygen atoms in total. The van der Waals surface area contributed by atoms with Gasteiger partial charge >= 0.3 is 0 Å². The summed E-state index contributed by atoms with van der Waals surface area (Å²) < 4.78 is 5.77. The number of ether oxygens (including phenoxy) is 1. The molecule has 0 unspecified atom stereocenters. The summed E-state index contributed by atoms with van der Waals surface area (Å²) in [6.07, 6.45) is 4.94. The highest BCUT2D eigenvalue weighted by molar-refractivity contribution is 5.95. The second kappa shape index (κ2) is 10.0. The average molecular weight is 396 g/mol. The van der Waals surface area contributed by atoms with Crippen molar-refractivity contribution in [2.24, 2.45) is 0 Å². The van der Waals surface area contributed by atoms with Crippen molar-refractivity contribution in [3.63, 3.8) is 0 Å². The van der Waals surface area contributed by atoms with Gasteiger partial charge in [-0.15, -0.1) is 0 Å². The number of likely N-dealkylation sites (N-methyl/N-ethyl adjacent to an activating group) is 1. The largest absolute Gasteiger partial charge is 0.484 e. The molecule has 1 aromatic heterocycles. The van der Waals surface area contributed by atoms with Gasteiger partial charge in [0.25, 0.3) is 5.91 Å². The minimum atomic E-state index is -0.0849. The highest BCUT2D eigenvalue weighted by Crippen LogP contribution is 2.25. The number of rotatable bonds is 9. The molecular formula is C22H28N4O3. The van der Waals surface area contributed by atoms with Gasteiger partial charge in [-0.2, -0.15) is 0 Å². The topological polar surface area (TPSA) is 66.0 Å². The van der Waals surface area contributed by atoms with Crippen molar-refractivity contribution in [3.05, 3.63) is 54.4 Å². The molecule has 29 heavy (non-hydrogen) atoms. The highest BCUT2D eigenvalue weighted by Gasteiger charge is 2.22. The van der Waals surface area contributed by atoms with Crippen molar-refractivity contribution in [3.8, 4) is 5.75 Å². The predicted octanol–water partition coefficient (Wildman–Crippen LogP) is 2.18. The molecule has 7 heteroatoms. The molecule has 0 saturated carbocycles. The fraction of sp³-hybridized carbons (Fsp3) is 0.409. The summed E-state index contributed by atoms with van der Waals surface area (Å²) in [6.45, 7) is 2.53. The Hall–Kier alpha value is -2.93. The van der Waals surface area contributed by atoms with E-state index in [-0.39, 0.29) is 18.4 Å². The second-order valence-corrected chi connectivity index (χ2v) is 7.41. The Kier molecular flexibility index (Phi) is 7.19. The van der Waals surface area contributed by atoms with Crippen LogP contribution in [0.1, 0.15) is 18.4 Å². The second-order valence-electron chi connectivity index (χ2n) is 7.41. The molecule has 1 aromatic carbocycles. The SMILES string of the molecule is CN(C)CCN(Cc1cccnc1)C(=O)COc1cccc(N2CCCC2=O)c1. The number of hydrogen-bond donors (Lipinski definition) is 0. The van der Waals surface area contributed by atoms with Crippen molar-refractivity contribution >= 4 is 17.5 Å². The summed E-state index contributed by atoms with van der Waals surface area (Å²) in [5.41, 5.74) is 1.80. The first-order chi connectivity index (χ1) is 14.0. The lowest BCUT2D eigenvalue weighted by molar-refractivity contribution is -0.134. The average Bonchev–Trinajstić information content (AvgIpc) is 3.16. The third-order valence-corrected chi connectivity index (χ3v) is 4.83. The lowest BCUT2D eigenvalue weighted by Gasteiger charge is -2.24. The molecule has 2 amide bonds. The Morgan fingerprint density at radius 1 is 1.21 bits per heavy atom. The molecule has 0 aliphatic carbocycles. The Labute approximate surface area is 171 Å². The zero-order valence-corrected chi connectivity index (χ0v) is 17.1. The molecule has 1 fully saturated rings. The molecule has 1 saturated heterocycles. The summed E-state index contributed by atoms with van der Waals surface area (Å²) in [5, 5.41) is 0. The van der Waals surface area contributed by atoms with E-state index in [1.54, 1.807) is 22.2 Å². The van der Waals surface area contributed by atoms with E-state index < -0.39 is 0 Å². The summed E-state index contributed by atoms with van der Waals surface area (Å²) >= 11 is 0. The highest BCUT2D eigenvalue weighted by atomic mass is 16.5. The first-order valence-electron chi connectivity index (χ1n) is 9.87. The Morgan fingerprint density at radius 2 is 2.07 bits per heavy atom. The number of benzene rings is 1. The summed E-state index contributed by atoms with van der Waals surface area (Å²) in [4.78, 5) is 34.5. The minimum Gasteiger partial charge on any atom is -0.484 e. The van der Waals surface area contributed by atoms with Crippen molar-refractivity contribution in [1.82, 2.24) is 14.8 Å². The molecule has 0 radical (unpaired) electrons. The number of pyridine rings is 1. The van der Waals surface area contributed by atoms with Gasteiger partial charge in [-0.05, 0) is 44.3 Å². The molecule has 1 aliphatic heterocycles. The van der Waals surface area contributed by atoms with E-state index in [0.29, 0.717) is 25.3 Å². The van der Waals surface area contributed by atoms with Gasteiger partial charge in [0.05, 0.1) is 0 Å². The fourth-order valence-corrected chi connectivity index (χ4v) is 3.22. The van der Waals surface area contributed by atoms with Crippen molar-refractivity contribution in [1.29, 1.82) is 0 Å². The van der Waals surface area contributed by atoms with Crippen molar-refractivity contribution in [2.45, 2.75) is 19.4 Å². The van der Waals surface area contributed by atoms with Gasteiger partial charge in [0.2, 0.25) is 5.91 Å². The van der Waals surface area contributed by atoms with Crippen LogP contribution in [0.3, 0.4) is 0 Å². The molecule has 0 spiro atoms. The van der Waals surface area contributed by atoms with Crippen molar-refractivity contribution in [2.75, 3.05) is 45.2 Å². The van der Waals surface area contributed by atoms with E-state index in [9.17, 15) is 9.59 Å². The van der Waals surface area contributed by atoms with Crippen molar-refractivity contribution < 1.29 is 14.3 Å². The van der Waals surface area contributed by atoms with Crippen LogP contribution >= 0.6 is 0 Å². The number of nitrogens with zero attached hydrogens (tertiary/aromatic N) is 4. The van der Waals surface area contributed by atoms with Gasteiger partial charge in [-0.3, -0.25) is 14.6 Å². The maximum absolute atomic E-state index is 12.8. The molecule has 2 aromatic rings. The number of anilines is 1. The summed E-state index contributed by atoms with van der Waals surface area (Å²) in [7, 11) is 3.96. The Balaban J connectivity index is 1.62. The van der Waals surface area contributed by atoms with Gasteiger partial charge in [0.1, 0.15) is 5.75 Å². The maximum Gasteiger partial charge on any atom is 0.260 e. The third kappa shape index (κ3) is 6.02. The van der Waals surface area contributed by atoms with Gasteiger partial charge in [-0.1, -0.05) is 12.1 Å². The van der Waals surface area contributed by atoms with Crippen LogP contribution in [0.4, 0.5) is 5.69 Å². The smallest absolute Gasteiger partial charge is 0.260 e. The van der Waals surface area contributed by atoms with Crippen LogP contribution < -0.4 is 9.64 Å². The van der Waals surface area contributed by atoms with E-state index in [2.05, 4.69) is 4.98 Å². The normalized spacial score (nSPS) is 13.8. The molecular weight excluding hydrogens is 368 g/mol.